The molecule has 0 atom stereocenters. The van der Waals surface area contributed by atoms with Crippen molar-refractivity contribution in [3.8, 4) is 0 Å². The topological polar surface area (TPSA) is 30.0 Å². The Morgan fingerprint density at radius 1 is 1.11 bits per heavy atom. The Bertz CT molecular complexity index is 502. The molecule has 0 radical (unpaired) electrons. The molecular weight excluding hydrogens is 222 g/mol. The van der Waals surface area contributed by atoms with Crippen LogP contribution >= 0.6 is 0 Å². The van der Waals surface area contributed by atoms with Crippen LogP contribution in [-0.2, 0) is 12.8 Å². The maximum absolute atomic E-state index is 12.0. The highest BCUT2D eigenvalue weighted by atomic mass is 16.1. The van der Waals surface area contributed by atoms with Crippen molar-refractivity contribution in [1.82, 2.24) is 4.98 Å². The number of hydrogen-bond acceptors (Lipinski definition) is 2. The van der Waals surface area contributed by atoms with E-state index < -0.39 is 0 Å². The van der Waals surface area contributed by atoms with E-state index in [9.17, 15) is 4.79 Å². The molecule has 92 valence electrons. The fourth-order valence-electron chi connectivity index (χ4n) is 1.87. The van der Waals surface area contributed by atoms with Crippen molar-refractivity contribution in [2.45, 2.75) is 26.2 Å². The summed E-state index contributed by atoms with van der Waals surface area (Å²) >= 11 is 0. The fraction of sp³-hybridized carbons (Fsp3) is 0.250. The molecule has 0 N–H and O–H groups in total. The largest absolute Gasteiger partial charge is 0.294 e. The molecule has 0 saturated carbocycles. The van der Waals surface area contributed by atoms with Gasteiger partial charge < -0.3 is 0 Å². The highest BCUT2D eigenvalue weighted by Crippen LogP contribution is 2.10. The molecule has 0 aliphatic rings. The van der Waals surface area contributed by atoms with Gasteiger partial charge in [-0.3, -0.25) is 9.78 Å². The van der Waals surface area contributed by atoms with Gasteiger partial charge in [-0.05, 0) is 30.0 Å². The van der Waals surface area contributed by atoms with E-state index >= 15 is 0 Å². The van der Waals surface area contributed by atoms with E-state index in [2.05, 4.69) is 11.9 Å². The van der Waals surface area contributed by atoms with Crippen molar-refractivity contribution in [1.29, 1.82) is 0 Å². The third kappa shape index (κ3) is 3.27. The van der Waals surface area contributed by atoms with Crippen LogP contribution in [0, 0.1) is 0 Å². The Balaban J connectivity index is 1.95. The van der Waals surface area contributed by atoms with Gasteiger partial charge in [0.1, 0.15) is 0 Å². The van der Waals surface area contributed by atoms with Gasteiger partial charge in [-0.1, -0.05) is 37.3 Å². The normalized spacial score (nSPS) is 10.3. The van der Waals surface area contributed by atoms with Gasteiger partial charge in [-0.25, -0.2) is 0 Å². The van der Waals surface area contributed by atoms with Crippen molar-refractivity contribution in [3.05, 3.63) is 65.5 Å². The number of benzene rings is 1. The first-order valence-electron chi connectivity index (χ1n) is 6.30. The number of nitrogens with zero attached hydrogens (tertiary/aromatic N) is 1. The molecule has 1 aromatic heterocycles. The van der Waals surface area contributed by atoms with Gasteiger partial charge in [0.25, 0.3) is 0 Å². The minimum Gasteiger partial charge on any atom is -0.294 e. The zero-order valence-corrected chi connectivity index (χ0v) is 10.6. The molecule has 0 aliphatic heterocycles. The van der Waals surface area contributed by atoms with Crippen molar-refractivity contribution >= 4 is 5.78 Å². The molecule has 0 unspecified atom stereocenters. The fourth-order valence-corrected chi connectivity index (χ4v) is 1.87. The Morgan fingerprint density at radius 2 is 1.89 bits per heavy atom. The van der Waals surface area contributed by atoms with Gasteiger partial charge in [0.2, 0.25) is 0 Å². The SMILES string of the molecule is CCc1ccc(C(=O)CCc2cccnc2)cc1. The van der Waals surface area contributed by atoms with Gasteiger partial charge in [-0.2, -0.15) is 0 Å². The summed E-state index contributed by atoms with van der Waals surface area (Å²) < 4.78 is 0. The van der Waals surface area contributed by atoms with Crippen LogP contribution in [-0.4, -0.2) is 10.8 Å². The second-order valence-corrected chi connectivity index (χ2v) is 4.33. The van der Waals surface area contributed by atoms with Gasteiger partial charge in [0, 0.05) is 24.4 Å². The zero-order chi connectivity index (χ0) is 12.8. The molecule has 0 fully saturated rings. The number of rotatable bonds is 5. The van der Waals surface area contributed by atoms with E-state index in [1.807, 2.05) is 42.6 Å². The third-order valence-electron chi connectivity index (χ3n) is 3.05. The number of hydrogen-bond donors (Lipinski definition) is 0. The summed E-state index contributed by atoms with van der Waals surface area (Å²) in [7, 11) is 0. The van der Waals surface area contributed by atoms with E-state index in [4.69, 9.17) is 0 Å². The Labute approximate surface area is 108 Å². The lowest BCUT2D eigenvalue weighted by Crippen LogP contribution is -2.01. The van der Waals surface area contributed by atoms with Crippen LogP contribution in [0.1, 0.15) is 34.8 Å². The molecule has 1 heterocycles. The molecule has 18 heavy (non-hydrogen) atoms. The van der Waals surface area contributed by atoms with Gasteiger partial charge >= 0.3 is 0 Å². The highest BCUT2D eigenvalue weighted by molar-refractivity contribution is 5.96. The first-order chi connectivity index (χ1) is 8.79. The summed E-state index contributed by atoms with van der Waals surface area (Å²) in [4.78, 5) is 16.0. The number of carbonyl (C=O) groups excluding carboxylic acids is 1. The minimum absolute atomic E-state index is 0.196. The van der Waals surface area contributed by atoms with Crippen molar-refractivity contribution < 1.29 is 4.79 Å². The van der Waals surface area contributed by atoms with E-state index in [0.29, 0.717) is 6.42 Å². The number of ketones is 1. The average molecular weight is 239 g/mol. The Morgan fingerprint density at radius 3 is 2.50 bits per heavy atom. The summed E-state index contributed by atoms with van der Waals surface area (Å²) in [6.45, 7) is 2.11. The lowest BCUT2D eigenvalue weighted by molar-refractivity contribution is 0.0983. The number of aromatic nitrogens is 1. The zero-order valence-electron chi connectivity index (χ0n) is 10.6. The molecule has 2 heteroatoms. The van der Waals surface area contributed by atoms with Gasteiger partial charge in [-0.15, -0.1) is 0 Å². The quantitative estimate of drug-likeness (QED) is 0.748. The number of aryl methyl sites for hydroxylation is 2. The smallest absolute Gasteiger partial charge is 0.163 e. The van der Waals surface area contributed by atoms with E-state index in [0.717, 1.165) is 24.0 Å². The Hall–Kier alpha value is -1.96. The molecule has 2 nitrogen and oxygen atoms in total. The summed E-state index contributed by atoms with van der Waals surface area (Å²) in [5, 5.41) is 0. The lowest BCUT2D eigenvalue weighted by Gasteiger charge is -2.02. The number of Topliss-reactive ketones (excluding diaryl/α,β-unsaturated/α-hetero) is 1. The monoisotopic (exact) mass is 239 g/mol. The lowest BCUT2D eigenvalue weighted by atomic mass is 10.0. The standard InChI is InChI=1S/C16H17NO/c1-2-13-5-8-15(9-6-13)16(18)10-7-14-4-3-11-17-12-14/h3-6,8-9,11-12H,2,7,10H2,1H3. The molecule has 0 saturated heterocycles. The summed E-state index contributed by atoms with van der Waals surface area (Å²) in [6.07, 6.45) is 5.85. The molecule has 2 rings (SSSR count). The maximum Gasteiger partial charge on any atom is 0.163 e. The van der Waals surface area contributed by atoms with E-state index in [-0.39, 0.29) is 5.78 Å². The second-order valence-electron chi connectivity index (χ2n) is 4.33. The van der Waals surface area contributed by atoms with Crippen LogP contribution in [0.15, 0.2) is 48.8 Å². The van der Waals surface area contributed by atoms with E-state index in [1.165, 1.54) is 5.56 Å². The van der Waals surface area contributed by atoms with Crippen LogP contribution < -0.4 is 0 Å². The van der Waals surface area contributed by atoms with Crippen LogP contribution in [0.4, 0.5) is 0 Å². The van der Waals surface area contributed by atoms with Crippen LogP contribution in [0.2, 0.25) is 0 Å². The summed E-state index contributed by atoms with van der Waals surface area (Å²) in [5.41, 5.74) is 3.17. The molecule has 0 bridgehead atoms. The summed E-state index contributed by atoms with van der Waals surface area (Å²) in [6, 6.07) is 11.8. The molecule has 2 aromatic rings. The molecule has 1 aromatic carbocycles. The van der Waals surface area contributed by atoms with Crippen molar-refractivity contribution in [3.63, 3.8) is 0 Å². The van der Waals surface area contributed by atoms with Gasteiger partial charge in [0.15, 0.2) is 5.78 Å². The van der Waals surface area contributed by atoms with Crippen LogP contribution in [0.3, 0.4) is 0 Å². The van der Waals surface area contributed by atoms with Gasteiger partial charge in [0.05, 0.1) is 0 Å². The maximum atomic E-state index is 12.0. The number of pyridine rings is 1. The van der Waals surface area contributed by atoms with Crippen molar-refractivity contribution in [2.75, 3.05) is 0 Å². The molecule has 0 amide bonds. The van der Waals surface area contributed by atoms with Crippen LogP contribution in [0.25, 0.3) is 0 Å². The Kier molecular flexibility index (Phi) is 4.24. The predicted octanol–water partition coefficient (Wildman–Crippen LogP) is 3.46. The molecule has 0 spiro atoms. The summed E-state index contributed by atoms with van der Waals surface area (Å²) in [5.74, 6) is 0.196. The first-order valence-corrected chi connectivity index (χ1v) is 6.30. The predicted molar refractivity (Wildman–Crippen MR) is 72.7 cm³/mol. The first kappa shape index (κ1) is 12.5. The molecule has 0 aliphatic carbocycles. The number of carbonyl (C=O) groups is 1. The third-order valence-corrected chi connectivity index (χ3v) is 3.05. The second kappa shape index (κ2) is 6.10. The minimum atomic E-state index is 0.196. The molecular formula is C16H17NO. The van der Waals surface area contributed by atoms with Crippen LogP contribution in [0.5, 0.6) is 0 Å². The average Bonchev–Trinajstić information content (AvgIpc) is 2.46. The van der Waals surface area contributed by atoms with Crippen molar-refractivity contribution in [2.24, 2.45) is 0 Å². The highest BCUT2D eigenvalue weighted by Gasteiger charge is 2.05. The van der Waals surface area contributed by atoms with E-state index in [1.54, 1.807) is 6.20 Å².